The van der Waals surface area contributed by atoms with Crippen LogP contribution in [0.25, 0.3) is 0 Å². The van der Waals surface area contributed by atoms with Crippen LogP contribution >= 0.6 is 0 Å². The van der Waals surface area contributed by atoms with Crippen LogP contribution in [-0.2, 0) is 5.41 Å². The number of ketones is 1. The Kier molecular flexibility index (Phi) is 4.12. The van der Waals surface area contributed by atoms with Crippen LogP contribution in [0.5, 0.6) is 0 Å². The SMILES string of the molecule is CCC(C)(C)c1ccc(C(=O)c2ccc(N)c(F)c2)cc1. The van der Waals surface area contributed by atoms with Crippen LogP contribution in [-0.4, -0.2) is 5.78 Å². The zero-order valence-electron chi connectivity index (χ0n) is 12.6. The van der Waals surface area contributed by atoms with Gasteiger partial charge in [-0.05, 0) is 35.6 Å². The molecule has 2 aromatic carbocycles. The molecule has 110 valence electrons. The van der Waals surface area contributed by atoms with E-state index < -0.39 is 5.82 Å². The van der Waals surface area contributed by atoms with Gasteiger partial charge in [-0.2, -0.15) is 0 Å². The summed E-state index contributed by atoms with van der Waals surface area (Å²) in [6.45, 7) is 6.47. The molecule has 0 saturated carbocycles. The summed E-state index contributed by atoms with van der Waals surface area (Å²) < 4.78 is 13.4. The first-order valence-corrected chi connectivity index (χ1v) is 7.05. The Bertz CT molecular complexity index is 659. The quantitative estimate of drug-likeness (QED) is 0.671. The molecule has 2 N–H and O–H groups in total. The summed E-state index contributed by atoms with van der Waals surface area (Å²) in [6.07, 6.45) is 1.02. The molecular formula is C18H20FNO. The Labute approximate surface area is 124 Å². The Morgan fingerprint density at radius 3 is 2.19 bits per heavy atom. The normalized spacial score (nSPS) is 11.4. The van der Waals surface area contributed by atoms with Crippen molar-refractivity contribution in [2.75, 3.05) is 5.73 Å². The van der Waals surface area contributed by atoms with Crippen LogP contribution in [0.1, 0.15) is 48.7 Å². The van der Waals surface area contributed by atoms with Gasteiger partial charge >= 0.3 is 0 Å². The number of benzene rings is 2. The Balaban J connectivity index is 2.30. The number of anilines is 1. The molecule has 0 aromatic heterocycles. The smallest absolute Gasteiger partial charge is 0.193 e. The average Bonchev–Trinajstić information content (AvgIpc) is 2.49. The monoisotopic (exact) mass is 285 g/mol. The second kappa shape index (κ2) is 5.68. The molecule has 21 heavy (non-hydrogen) atoms. The molecular weight excluding hydrogens is 265 g/mol. The molecule has 0 spiro atoms. The summed E-state index contributed by atoms with van der Waals surface area (Å²) in [7, 11) is 0. The van der Waals surface area contributed by atoms with Crippen molar-refractivity contribution in [1.29, 1.82) is 0 Å². The van der Waals surface area contributed by atoms with Gasteiger partial charge in [0.25, 0.3) is 0 Å². The summed E-state index contributed by atoms with van der Waals surface area (Å²) >= 11 is 0. The molecule has 2 rings (SSSR count). The Morgan fingerprint density at radius 1 is 1.10 bits per heavy atom. The summed E-state index contributed by atoms with van der Waals surface area (Å²) in [5.74, 6) is -0.764. The Hall–Kier alpha value is -2.16. The minimum Gasteiger partial charge on any atom is -0.396 e. The van der Waals surface area contributed by atoms with Crippen molar-refractivity contribution in [3.63, 3.8) is 0 Å². The van der Waals surface area contributed by atoms with Gasteiger partial charge in [0.2, 0.25) is 0 Å². The molecule has 0 saturated heterocycles. The van der Waals surface area contributed by atoms with E-state index in [1.807, 2.05) is 12.1 Å². The minimum atomic E-state index is -0.565. The van der Waals surface area contributed by atoms with E-state index in [9.17, 15) is 9.18 Å². The van der Waals surface area contributed by atoms with Gasteiger partial charge < -0.3 is 5.73 Å². The van der Waals surface area contributed by atoms with Crippen molar-refractivity contribution in [2.24, 2.45) is 0 Å². The predicted molar refractivity (Wildman–Crippen MR) is 84.0 cm³/mol. The van der Waals surface area contributed by atoms with Crippen molar-refractivity contribution in [2.45, 2.75) is 32.6 Å². The molecule has 0 fully saturated rings. The first kappa shape index (κ1) is 15.2. The minimum absolute atomic E-state index is 0.0478. The van der Waals surface area contributed by atoms with E-state index in [2.05, 4.69) is 20.8 Å². The van der Waals surface area contributed by atoms with Crippen molar-refractivity contribution in [3.8, 4) is 0 Å². The fraction of sp³-hybridized carbons (Fsp3) is 0.278. The van der Waals surface area contributed by atoms with Crippen LogP contribution in [0.15, 0.2) is 42.5 Å². The number of rotatable bonds is 4. The Morgan fingerprint density at radius 2 is 1.67 bits per heavy atom. The van der Waals surface area contributed by atoms with Crippen molar-refractivity contribution < 1.29 is 9.18 Å². The maximum absolute atomic E-state index is 13.4. The summed E-state index contributed by atoms with van der Waals surface area (Å²) in [4.78, 5) is 12.3. The standard InChI is InChI=1S/C18H20FNO/c1-4-18(2,3)14-8-5-12(6-9-14)17(21)13-7-10-16(20)15(19)11-13/h5-11H,4,20H2,1-3H3. The van der Waals surface area contributed by atoms with Gasteiger partial charge in [-0.3, -0.25) is 4.79 Å². The van der Waals surface area contributed by atoms with Gasteiger partial charge in [0.1, 0.15) is 5.82 Å². The molecule has 0 heterocycles. The number of nitrogens with two attached hydrogens (primary N) is 1. The molecule has 0 aliphatic carbocycles. The van der Waals surface area contributed by atoms with Gasteiger partial charge in [-0.1, -0.05) is 45.0 Å². The second-order valence-electron chi connectivity index (χ2n) is 5.88. The molecule has 0 radical (unpaired) electrons. The first-order valence-electron chi connectivity index (χ1n) is 7.05. The van der Waals surface area contributed by atoms with Crippen LogP contribution in [0.2, 0.25) is 0 Å². The zero-order chi connectivity index (χ0) is 15.6. The van der Waals surface area contributed by atoms with Crippen molar-refractivity contribution in [3.05, 3.63) is 65.0 Å². The molecule has 0 aliphatic rings. The number of carbonyl (C=O) groups excluding carboxylic acids is 1. The van der Waals surface area contributed by atoms with E-state index in [0.29, 0.717) is 11.1 Å². The fourth-order valence-electron chi connectivity index (χ4n) is 2.11. The summed E-state index contributed by atoms with van der Waals surface area (Å²) in [5.41, 5.74) is 7.60. The maximum atomic E-state index is 13.4. The third-order valence-corrected chi connectivity index (χ3v) is 4.08. The summed E-state index contributed by atoms with van der Waals surface area (Å²) in [6, 6.07) is 11.7. The van der Waals surface area contributed by atoms with Crippen LogP contribution in [0.4, 0.5) is 10.1 Å². The highest BCUT2D eigenvalue weighted by atomic mass is 19.1. The third-order valence-electron chi connectivity index (χ3n) is 4.08. The molecule has 2 nitrogen and oxygen atoms in total. The molecule has 0 amide bonds. The molecule has 0 bridgehead atoms. The maximum Gasteiger partial charge on any atom is 0.193 e. The van der Waals surface area contributed by atoms with E-state index in [0.717, 1.165) is 6.42 Å². The predicted octanol–water partition coefficient (Wildman–Crippen LogP) is 4.33. The van der Waals surface area contributed by atoms with Gasteiger partial charge in [0.15, 0.2) is 5.78 Å². The number of hydrogen-bond donors (Lipinski definition) is 1. The van der Waals surface area contributed by atoms with Gasteiger partial charge in [0.05, 0.1) is 5.69 Å². The number of hydrogen-bond acceptors (Lipinski definition) is 2. The van der Waals surface area contributed by atoms with Gasteiger partial charge in [0, 0.05) is 11.1 Å². The molecule has 2 aromatic rings. The van der Waals surface area contributed by atoms with Crippen molar-refractivity contribution in [1.82, 2.24) is 0 Å². The topological polar surface area (TPSA) is 43.1 Å². The van der Waals surface area contributed by atoms with Gasteiger partial charge in [-0.15, -0.1) is 0 Å². The van der Waals surface area contributed by atoms with Crippen LogP contribution < -0.4 is 5.73 Å². The largest absolute Gasteiger partial charge is 0.396 e. The third kappa shape index (κ3) is 3.13. The molecule has 3 heteroatoms. The second-order valence-corrected chi connectivity index (χ2v) is 5.88. The summed E-state index contributed by atoms with van der Waals surface area (Å²) in [5, 5.41) is 0. The van der Waals surface area contributed by atoms with E-state index in [4.69, 9.17) is 5.73 Å². The van der Waals surface area contributed by atoms with Crippen molar-refractivity contribution >= 4 is 11.5 Å². The number of nitrogen functional groups attached to an aromatic ring is 1. The van der Waals surface area contributed by atoms with Gasteiger partial charge in [-0.25, -0.2) is 4.39 Å². The van der Waals surface area contributed by atoms with Crippen LogP contribution in [0.3, 0.4) is 0 Å². The highest BCUT2D eigenvalue weighted by Gasteiger charge is 2.18. The van der Waals surface area contributed by atoms with E-state index in [1.165, 1.54) is 17.7 Å². The van der Waals surface area contributed by atoms with E-state index in [1.54, 1.807) is 18.2 Å². The zero-order valence-corrected chi connectivity index (χ0v) is 12.6. The number of carbonyl (C=O) groups is 1. The number of halogens is 1. The highest BCUT2D eigenvalue weighted by Crippen LogP contribution is 2.27. The lowest BCUT2D eigenvalue weighted by molar-refractivity contribution is 0.103. The molecule has 0 atom stereocenters. The van der Waals surface area contributed by atoms with Crippen LogP contribution in [0, 0.1) is 5.82 Å². The lowest BCUT2D eigenvalue weighted by atomic mass is 9.82. The van der Waals surface area contributed by atoms with E-state index >= 15 is 0 Å². The molecule has 0 aliphatic heterocycles. The first-order chi connectivity index (χ1) is 9.85. The lowest BCUT2D eigenvalue weighted by Crippen LogP contribution is -2.15. The molecule has 0 unspecified atom stereocenters. The lowest BCUT2D eigenvalue weighted by Gasteiger charge is -2.23. The average molecular weight is 285 g/mol. The highest BCUT2D eigenvalue weighted by molar-refractivity contribution is 6.09. The fourth-order valence-corrected chi connectivity index (χ4v) is 2.11. The van der Waals surface area contributed by atoms with E-state index in [-0.39, 0.29) is 16.9 Å².